The van der Waals surface area contributed by atoms with Crippen LogP contribution in [0.5, 0.6) is 0 Å². The van der Waals surface area contributed by atoms with Gasteiger partial charge in [0.2, 0.25) is 11.8 Å². The van der Waals surface area contributed by atoms with Crippen LogP contribution in [0.15, 0.2) is 48.5 Å². The van der Waals surface area contributed by atoms with Gasteiger partial charge in [0, 0.05) is 13.0 Å². The van der Waals surface area contributed by atoms with Crippen LogP contribution >= 0.6 is 0 Å². The molecule has 136 valence electrons. The van der Waals surface area contributed by atoms with Crippen molar-refractivity contribution < 1.29 is 18.4 Å². The Labute approximate surface area is 149 Å². The molecule has 0 saturated carbocycles. The lowest BCUT2D eigenvalue weighted by Gasteiger charge is -2.26. The van der Waals surface area contributed by atoms with E-state index < -0.39 is 28.9 Å². The van der Waals surface area contributed by atoms with Gasteiger partial charge in [0.05, 0.1) is 16.8 Å². The summed E-state index contributed by atoms with van der Waals surface area (Å²) in [5.41, 5.74) is -0.885. The van der Waals surface area contributed by atoms with Crippen LogP contribution in [0.4, 0.5) is 20.2 Å². The van der Waals surface area contributed by atoms with Crippen molar-refractivity contribution in [2.24, 2.45) is 5.41 Å². The van der Waals surface area contributed by atoms with Crippen LogP contribution in [0.1, 0.15) is 12.8 Å². The van der Waals surface area contributed by atoms with Crippen LogP contribution in [-0.2, 0) is 9.59 Å². The number of nitrogens with one attached hydrogen (secondary N) is 3. The molecule has 1 fully saturated rings. The minimum Gasteiger partial charge on any atom is -0.324 e. The van der Waals surface area contributed by atoms with Crippen molar-refractivity contribution in [3.63, 3.8) is 0 Å². The third-order valence-electron chi connectivity index (χ3n) is 4.49. The zero-order valence-corrected chi connectivity index (χ0v) is 14.0. The Bertz CT molecular complexity index is 820. The predicted octanol–water partition coefficient (Wildman–Crippen LogP) is 2.91. The summed E-state index contributed by atoms with van der Waals surface area (Å²) in [6, 6.07) is 11.7. The number of hydrogen-bond donors (Lipinski definition) is 3. The fraction of sp³-hybridized carbons (Fsp3) is 0.263. The number of carbonyl (C=O) groups is 2. The number of benzene rings is 2. The molecule has 1 aliphatic rings. The molecule has 0 spiro atoms. The van der Waals surface area contributed by atoms with E-state index >= 15 is 0 Å². The first-order valence-electron chi connectivity index (χ1n) is 8.31. The lowest BCUT2D eigenvalue weighted by atomic mass is 9.82. The Hall–Kier alpha value is -2.80. The van der Waals surface area contributed by atoms with Gasteiger partial charge in [-0.3, -0.25) is 9.59 Å². The number of amides is 2. The Morgan fingerprint density at radius 1 is 0.962 bits per heavy atom. The summed E-state index contributed by atoms with van der Waals surface area (Å²) in [7, 11) is 0. The summed E-state index contributed by atoms with van der Waals surface area (Å²) < 4.78 is 27.5. The summed E-state index contributed by atoms with van der Waals surface area (Å²) in [5, 5.41) is 8.13. The molecule has 0 bridgehead atoms. The topological polar surface area (TPSA) is 70.2 Å². The maximum Gasteiger partial charge on any atom is 0.232 e. The fourth-order valence-corrected chi connectivity index (χ4v) is 3.05. The van der Waals surface area contributed by atoms with Gasteiger partial charge in [0.1, 0.15) is 11.6 Å². The normalized spacial score (nSPS) is 19.2. The molecule has 0 aromatic heterocycles. The molecule has 1 heterocycles. The van der Waals surface area contributed by atoms with E-state index in [9.17, 15) is 18.4 Å². The zero-order valence-electron chi connectivity index (χ0n) is 14.0. The Balaban J connectivity index is 1.73. The summed E-state index contributed by atoms with van der Waals surface area (Å²) >= 11 is 0. The first-order chi connectivity index (χ1) is 12.5. The van der Waals surface area contributed by atoms with E-state index in [0.29, 0.717) is 13.0 Å². The predicted molar refractivity (Wildman–Crippen MR) is 94.6 cm³/mol. The first-order valence-corrected chi connectivity index (χ1v) is 8.31. The fourth-order valence-electron chi connectivity index (χ4n) is 3.05. The highest BCUT2D eigenvalue weighted by molar-refractivity contribution is 6.01. The van der Waals surface area contributed by atoms with Gasteiger partial charge in [0.15, 0.2) is 0 Å². The molecule has 3 rings (SSSR count). The van der Waals surface area contributed by atoms with Crippen molar-refractivity contribution in [2.45, 2.75) is 12.8 Å². The van der Waals surface area contributed by atoms with Crippen molar-refractivity contribution >= 4 is 23.2 Å². The quantitative estimate of drug-likeness (QED) is 0.769. The molecule has 0 aliphatic carbocycles. The standard InChI is InChI=1S/C19H19F2N3O2/c20-13-5-1-3-7-15(13)23-17(25)11-19(9-10-22-12-19)18(26)24-16-8-4-2-6-14(16)21/h1-8,22H,9-12H2,(H,23,25)(H,24,26). The van der Waals surface area contributed by atoms with Gasteiger partial charge in [-0.1, -0.05) is 24.3 Å². The maximum absolute atomic E-state index is 13.8. The van der Waals surface area contributed by atoms with Crippen molar-refractivity contribution in [1.29, 1.82) is 0 Å². The van der Waals surface area contributed by atoms with Gasteiger partial charge in [-0.05, 0) is 37.2 Å². The molecule has 1 unspecified atom stereocenters. The summed E-state index contributed by atoms with van der Waals surface area (Å²) in [5.74, 6) is -1.99. The highest BCUT2D eigenvalue weighted by Crippen LogP contribution is 2.32. The van der Waals surface area contributed by atoms with Gasteiger partial charge in [0.25, 0.3) is 0 Å². The number of rotatable bonds is 5. The summed E-state index contributed by atoms with van der Waals surface area (Å²) in [4.78, 5) is 25.2. The Kier molecular flexibility index (Phi) is 5.27. The van der Waals surface area contributed by atoms with E-state index in [4.69, 9.17) is 0 Å². The van der Waals surface area contributed by atoms with Crippen LogP contribution in [-0.4, -0.2) is 24.9 Å². The van der Waals surface area contributed by atoms with Crippen LogP contribution < -0.4 is 16.0 Å². The van der Waals surface area contributed by atoms with Crippen LogP contribution in [0.25, 0.3) is 0 Å². The van der Waals surface area contributed by atoms with Gasteiger partial charge in [-0.2, -0.15) is 0 Å². The Morgan fingerprint density at radius 2 is 1.54 bits per heavy atom. The van der Waals surface area contributed by atoms with E-state index in [1.54, 1.807) is 12.1 Å². The van der Waals surface area contributed by atoms with Gasteiger partial charge >= 0.3 is 0 Å². The number of hydrogen-bond acceptors (Lipinski definition) is 3. The van der Waals surface area contributed by atoms with Crippen molar-refractivity contribution in [2.75, 3.05) is 23.7 Å². The molecule has 26 heavy (non-hydrogen) atoms. The second kappa shape index (κ2) is 7.61. The summed E-state index contributed by atoms with van der Waals surface area (Å²) in [6.45, 7) is 0.857. The average Bonchev–Trinajstić information content (AvgIpc) is 3.08. The number of halogens is 2. The second-order valence-electron chi connectivity index (χ2n) is 6.35. The van der Waals surface area contributed by atoms with Crippen molar-refractivity contribution in [3.05, 3.63) is 60.2 Å². The number of para-hydroxylation sites is 2. The number of carbonyl (C=O) groups excluding carboxylic acids is 2. The third-order valence-corrected chi connectivity index (χ3v) is 4.49. The minimum atomic E-state index is -1.02. The lowest BCUT2D eigenvalue weighted by Crippen LogP contribution is -2.41. The average molecular weight is 359 g/mol. The van der Waals surface area contributed by atoms with Crippen LogP contribution in [0, 0.1) is 17.0 Å². The third kappa shape index (κ3) is 3.88. The Morgan fingerprint density at radius 3 is 2.08 bits per heavy atom. The van der Waals surface area contributed by atoms with Crippen molar-refractivity contribution in [1.82, 2.24) is 5.32 Å². The molecular weight excluding hydrogens is 340 g/mol. The zero-order chi connectivity index (χ0) is 18.6. The molecule has 7 heteroatoms. The van der Waals surface area contributed by atoms with Crippen molar-refractivity contribution in [3.8, 4) is 0 Å². The number of anilines is 2. The molecular formula is C19H19F2N3O2. The SMILES string of the molecule is O=C(CC1(C(=O)Nc2ccccc2F)CCNC1)Nc1ccccc1F. The largest absolute Gasteiger partial charge is 0.324 e. The molecule has 2 aromatic rings. The van der Waals surface area contributed by atoms with Crippen LogP contribution in [0.2, 0.25) is 0 Å². The minimum absolute atomic E-state index is 0.0631. The molecule has 3 N–H and O–H groups in total. The van der Waals surface area contributed by atoms with Gasteiger partial charge < -0.3 is 16.0 Å². The summed E-state index contributed by atoms with van der Waals surface area (Å²) in [6.07, 6.45) is 0.298. The van der Waals surface area contributed by atoms with Gasteiger partial charge in [-0.15, -0.1) is 0 Å². The van der Waals surface area contributed by atoms with E-state index in [0.717, 1.165) is 0 Å². The first kappa shape index (κ1) is 18.0. The molecule has 1 saturated heterocycles. The highest BCUT2D eigenvalue weighted by Gasteiger charge is 2.43. The molecule has 1 aliphatic heterocycles. The van der Waals surface area contributed by atoms with Gasteiger partial charge in [-0.25, -0.2) is 8.78 Å². The van der Waals surface area contributed by atoms with E-state index in [-0.39, 0.29) is 24.3 Å². The van der Waals surface area contributed by atoms with E-state index in [1.165, 1.54) is 36.4 Å². The molecule has 0 radical (unpaired) electrons. The van der Waals surface area contributed by atoms with E-state index in [1.807, 2.05) is 0 Å². The second-order valence-corrected chi connectivity index (χ2v) is 6.35. The highest BCUT2D eigenvalue weighted by atomic mass is 19.1. The molecule has 5 nitrogen and oxygen atoms in total. The van der Waals surface area contributed by atoms with Crippen LogP contribution in [0.3, 0.4) is 0 Å². The lowest BCUT2D eigenvalue weighted by molar-refractivity contribution is -0.129. The monoisotopic (exact) mass is 359 g/mol. The smallest absolute Gasteiger partial charge is 0.232 e. The maximum atomic E-state index is 13.8. The molecule has 1 atom stereocenters. The molecule has 2 amide bonds. The van der Waals surface area contributed by atoms with E-state index in [2.05, 4.69) is 16.0 Å². The molecule has 2 aromatic carbocycles.